The third-order valence-corrected chi connectivity index (χ3v) is 2.93. The third kappa shape index (κ3) is 7.06. The Kier molecular flexibility index (Phi) is 6.40. The summed E-state index contributed by atoms with van der Waals surface area (Å²) < 4.78 is 5.63. The van der Waals surface area contributed by atoms with E-state index in [4.69, 9.17) is 4.74 Å². The van der Waals surface area contributed by atoms with Crippen LogP contribution in [0.4, 0.5) is 0 Å². The van der Waals surface area contributed by atoms with Crippen molar-refractivity contribution < 1.29 is 4.74 Å². The lowest BCUT2D eigenvalue weighted by Crippen LogP contribution is -2.13. The molecular weight excluding hydrogens is 160 g/mol. The van der Waals surface area contributed by atoms with Crippen LogP contribution in [0.3, 0.4) is 0 Å². The van der Waals surface area contributed by atoms with Crippen LogP contribution in [0.25, 0.3) is 0 Å². The minimum atomic E-state index is 0.435. The van der Waals surface area contributed by atoms with E-state index >= 15 is 0 Å². The maximum absolute atomic E-state index is 5.63. The van der Waals surface area contributed by atoms with E-state index in [1.165, 1.54) is 19.3 Å². The van der Waals surface area contributed by atoms with E-state index in [2.05, 4.69) is 34.6 Å². The zero-order valence-electron chi connectivity index (χ0n) is 10.0. The Hall–Kier alpha value is -0.0400. The molecule has 1 atom stereocenters. The fourth-order valence-electron chi connectivity index (χ4n) is 1.13. The lowest BCUT2D eigenvalue weighted by atomic mass is 9.85. The van der Waals surface area contributed by atoms with Crippen LogP contribution in [0, 0.1) is 5.41 Å². The molecule has 0 aliphatic heterocycles. The molecule has 80 valence electrons. The lowest BCUT2D eigenvalue weighted by Gasteiger charge is -2.22. The Bertz CT molecular complexity index is 118. The van der Waals surface area contributed by atoms with Crippen molar-refractivity contribution >= 4 is 0 Å². The standard InChI is InChI=1S/C12H26O/c1-6-11(3)13-10-8-9-12(4,5)7-2/h11H,6-10H2,1-5H3. The molecule has 0 aromatic heterocycles. The van der Waals surface area contributed by atoms with Crippen LogP contribution in [-0.4, -0.2) is 12.7 Å². The van der Waals surface area contributed by atoms with E-state index in [0.29, 0.717) is 11.5 Å². The van der Waals surface area contributed by atoms with Crippen LogP contribution in [0.2, 0.25) is 0 Å². The number of hydrogen-bond acceptors (Lipinski definition) is 1. The molecule has 0 amide bonds. The van der Waals surface area contributed by atoms with Gasteiger partial charge < -0.3 is 4.74 Å². The Labute approximate surface area is 83.9 Å². The van der Waals surface area contributed by atoms with Crippen molar-refractivity contribution in [1.82, 2.24) is 0 Å². The van der Waals surface area contributed by atoms with Crippen LogP contribution in [0.15, 0.2) is 0 Å². The summed E-state index contributed by atoms with van der Waals surface area (Å²) in [5.74, 6) is 0. The van der Waals surface area contributed by atoms with Crippen molar-refractivity contribution in [2.75, 3.05) is 6.61 Å². The zero-order valence-corrected chi connectivity index (χ0v) is 10.0. The monoisotopic (exact) mass is 186 g/mol. The van der Waals surface area contributed by atoms with Gasteiger partial charge >= 0.3 is 0 Å². The van der Waals surface area contributed by atoms with E-state index < -0.39 is 0 Å². The molecule has 0 spiro atoms. The summed E-state index contributed by atoms with van der Waals surface area (Å²) in [5, 5.41) is 0. The van der Waals surface area contributed by atoms with Crippen LogP contribution >= 0.6 is 0 Å². The molecule has 1 unspecified atom stereocenters. The average molecular weight is 186 g/mol. The first kappa shape index (κ1) is 13.0. The second kappa shape index (κ2) is 6.42. The first-order valence-electron chi connectivity index (χ1n) is 5.63. The molecule has 0 aromatic rings. The predicted octanol–water partition coefficient (Wildman–Crippen LogP) is 4.02. The first-order chi connectivity index (χ1) is 6.02. The van der Waals surface area contributed by atoms with Gasteiger partial charge in [0.2, 0.25) is 0 Å². The maximum Gasteiger partial charge on any atom is 0.0544 e. The van der Waals surface area contributed by atoms with Crippen molar-refractivity contribution in [3.8, 4) is 0 Å². The van der Waals surface area contributed by atoms with Gasteiger partial charge in [0, 0.05) is 6.61 Å². The highest BCUT2D eigenvalue weighted by molar-refractivity contribution is 4.65. The summed E-state index contributed by atoms with van der Waals surface area (Å²) in [4.78, 5) is 0. The van der Waals surface area contributed by atoms with Gasteiger partial charge in [0.05, 0.1) is 6.10 Å². The molecule has 13 heavy (non-hydrogen) atoms. The smallest absolute Gasteiger partial charge is 0.0544 e. The van der Waals surface area contributed by atoms with Crippen molar-refractivity contribution in [2.24, 2.45) is 5.41 Å². The van der Waals surface area contributed by atoms with Crippen molar-refractivity contribution in [3.05, 3.63) is 0 Å². The van der Waals surface area contributed by atoms with Gasteiger partial charge in [-0.15, -0.1) is 0 Å². The minimum absolute atomic E-state index is 0.435. The molecular formula is C12H26O. The third-order valence-electron chi connectivity index (χ3n) is 2.93. The quantitative estimate of drug-likeness (QED) is 0.546. The van der Waals surface area contributed by atoms with Gasteiger partial charge in [0.15, 0.2) is 0 Å². The second-order valence-electron chi connectivity index (χ2n) is 4.71. The molecule has 0 bridgehead atoms. The fraction of sp³-hybridized carbons (Fsp3) is 1.00. The Balaban J connectivity index is 3.35. The summed E-state index contributed by atoms with van der Waals surface area (Å²) in [7, 11) is 0. The van der Waals surface area contributed by atoms with E-state index in [0.717, 1.165) is 13.0 Å². The number of hydrogen-bond donors (Lipinski definition) is 0. The highest BCUT2D eigenvalue weighted by Gasteiger charge is 2.13. The summed E-state index contributed by atoms with van der Waals surface area (Å²) >= 11 is 0. The molecule has 0 aliphatic carbocycles. The zero-order chi connectivity index (χ0) is 10.3. The SMILES string of the molecule is CCC(C)OCCCC(C)(C)CC. The minimum Gasteiger partial charge on any atom is -0.379 e. The maximum atomic E-state index is 5.63. The van der Waals surface area contributed by atoms with Crippen molar-refractivity contribution in [1.29, 1.82) is 0 Å². The molecule has 0 aromatic carbocycles. The van der Waals surface area contributed by atoms with E-state index in [-0.39, 0.29) is 0 Å². The highest BCUT2D eigenvalue weighted by atomic mass is 16.5. The largest absolute Gasteiger partial charge is 0.379 e. The van der Waals surface area contributed by atoms with Crippen molar-refractivity contribution in [3.63, 3.8) is 0 Å². The average Bonchev–Trinajstić information content (AvgIpc) is 2.12. The second-order valence-corrected chi connectivity index (χ2v) is 4.71. The lowest BCUT2D eigenvalue weighted by molar-refractivity contribution is 0.0557. The Morgan fingerprint density at radius 3 is 2.31 bits per heavy atom. The molecule has 0 rings (SSSR count). The normalized spacial score (nSPS) is 14.5. The van der Waals surface area contributed by atoms with Gasteiger partial charge in [-0.1, -0.05) is 34.1 Å². The molecule has 0 heterocycles. The molecule has 1 heteroatoms. The van der Waals surface area contributed by atoms with Gasteiger partial charge in [-0.05, 0) is 31.6 Å². The molecule has 1 nitrogen and oxygen atoms in total. The van der Waals surface area contributed by atoms with Gasteiger partial charge in [-0.3, -0.25) is 0 Å². The Morgan fingerprint density at radius 1 is 1.23 bits per heavy atom. The Morgan fingerprint density at radius 2 is 1.85 bits per heavy atom. The first-order valence-corrected chi connectivity index (χ1v) is 5.63. The van der Waals surface area contributed by atoms with E-state index in [1.807, 2.05) is 0 Å². The van der Waals surface area contributed by atoms with Crippen LogP contribution in [-0.2, 0) is 4.74 Å². The highest BCUT2D eigenvalue weighted by Crippen LogP contribution is 2.25. The van der Waals surface area contributed by atoms with Crippen LogP contribution < -0.4 is 0 Å². The van der Waals surface area contributed by atoms with Gasteiger partial charge in [-0.25, -0.2) is 0 Å². The van der Waals surface area contributed by atoms with Gasteiger partial charge in [-0.2, -0.15) is 0 Å². The van der Waals surface area contributed by atoms with Crippen molar-refractivity contribution in [2.45, 2.75) is 66.4 Å². The summed E-state index contributed by atoms with van der Waals surface area (Å²) in [6, 6.07) is 0. The molecule has 0 saturated heterocycles. The summed E-state index contributed by atoms with van der Waals surface area (Å²) in [6.45, 7) is 12.2. The van der Waals surface area contributed by atoms with E-state index in [1.54, 1.807) is 0 Å². The molecule has 0 radical (unpaired) electrons. The number of ether oxygens (including phenoxy) is 1. The summed E-state index contributed by atoms with van der Waals surface area (Å²) in [5.41, 5.74) is 0.499. The molecule has 0 saturated carbocycles. The number of rotatable bonds is 7. The summed E-state index contributed by atoms with van der Waals surface area (Å²) in [6.07, 6.45) is 5.29. The topological polar surface area (TPSA) is 9.23 Å². The fourth-order valence-corrected chi connectivity index (χ4v) is 1.13. The molecule has 0 N–H and O–H groups in total. The molecule has 0 fully saturated rings. The van der Waals surface area contributed by atoms with Crippen LogP contribution in [0.1, 0.15) is 60.3 Å². The van der Waals surface area contributed by atoms with Crippen LogP contribution in [0.5, 0.6) is 0 Å². The van der Waals surface area contributed by atoms with Gasteiger partial charge in [0.1, 0.15) is 0 Å². The van der Waals surface area contributed by atoms with Gasteiger partial charge in [0.25, 0.3) is 0 Å². The van der Waals surface area contributed by atoms with E-state index in [9.17, 15) is 0 Å². The predicted molar refractivity (Wildman–Crippen MR) is 59.0 cm³/mol. The molecule has 0 aliphatic rings.